The number of aromatic nitrogens is 3. The van der Waals surface area contributed by atoms with Crippen LogP contribution in [0.5, 0.6) is 0 Å². The zero-order chi connectivity index (χ0) is 22.1. The van der Waals surface area contributed by atoms with Crippen LogP contribution in [0.3, 0.4) is 0 Å². The first-order valence-electron chi connectivity index (χ1n) is 10.0. The lowest BCUT2D eigenvalue weighted by atomic mass is 10.1. The number of hydrogen-bond donors (Lipinski definition) is 1. The van der Waals surface area contributed by atoms with Gasteiger partial charge in [-0.3, -0.25) is 4.79 Å². The summed E-state index contributed by atoms with van der Waals surface area (Å²) in [4.78, 5) is 17.6. The van der Waals surface area contributed by atoms with Crippen LogP contribution in [0.25, 0.3) is 17.1 Å². The van der Waals surface area contributed by atoms with E-state index in [-0.39, 0.29) is 11.7 Å². The number of hydrogen-bond acceptors (Lipinski definition) is 3. The van der Waals surface area contributed by atoms with E-state index in [1.807, 2.05) is 88.4 Å². The Labute approximate surface area is 186 Å². The zero-order valence-electron chi connectivity index (χ0n) is 17.9. The standard InChI is InChI=1S/C25H23ClN4O/c1-15-6-5-7-19(13-15)24-28-23(25(31)27-21-11-8-16(2)12-18(21)4)29-30(24)22-14-20(26)10-9-17(22)3/h5-14H,1-4H3,(H,27,31). The number of aryl methyl sites for hydroxylation is 4. The molecule has 4 aromatic rings. The van der Waals surface area contributed by atoms with Crippen molar-refractivity contribution in [2.24, 2.45) is 0 Å². The minimum atomic E-state index is -0.362. The van der Waals surface area contributed by atoms with Gasteiger partial charge >= 0.3 is 0 Å². The zero-order valence-corrected chi connectivity index (χ0v) is 18.7. The molecular weight excluding hydrogens is 408 g/mol. The van der Waals surface area contributed by atoms with Crippen molar-refractivity contribution in [1.82, 2.24) is 14.8 Å². The van der Waals surface area contributed by atoms with Gasteiger partial charge in [-0.2, -0.15) is 0 Å². The highest BCUT2D eigenvalue weighted by Gasteiger charge is 2.20. The summed E-state index contributed by atoms with van der Waals surface area (Å²) in [7, 11) is 0. The summed E-state index contributed by atoms with van der Waals surface area (Å²) in [5.41, 5.74) is 6.58. The highest BCUT2D eigenvalue weighted by molar-refractivity contribution is 6.30. The van der Waals surface area contributed by atoms with E-state index < -0.39 is 0 Å². The van der Waals surface area contributed by atoms with Gasteiger partial charge in [0.05, 0.1) is 5.69 Å². The molecule has 0 unspecified atom stereocenters. The summed E-state index contributed by atoms with van der Waals surface area (Å²) in [6.07, 6.45) is 0. The Kier molecular flexibility index (Phi) is 5.61. The molecule has 0 bridgehead atoms. The molecule has 1 aromatic heterocycles. The van der Waals surface area contributed by atoms with Crippen LogP contribution in [0.1, 0.15) is 32.9 Å². The fourth-order valence-electron chi connectivity index (χ4n) is 3.49. The summed E-state index contributed by atoms with van der Waals surface area (Å²) >= 11 is 6.26. The molecule has 1 amide bonds. The second-order valence-electron chi connectivity index (χ2n) is 7.74. The Morgan fingerprint density at radius 1 is 0.903 bits per heavy atom. The molecule has 0 aliphatic heterocycles. The van der Waals surface area contributed by atoms with Gasteiger partial charge in [-0.1, -0.05) is 59.1 Å². The first-order chi connectivity index (χ1) is 14.8. The lowest BCUT2D eigenvalue weighted by Crippen LogP contribution is -2.15. The minimum absolute atomic E-state index is 0.0934. The number of nitrogens with zero attached hydrogens (tertiary/aromatic N) is 3. The number of anilines is 1. The maximum atomic E-state index is 13.0. The Balaban J connectivity index is 1.81. The van der Waals surface area contributed by atoms with Crippen molar-refractivity contribution in [1.29, 1.82) is 0 Å². The molecule has 0 aliphatic rings. The lowest BCUT2D eigenvalue weighted by molar-refractivity contribution is 0.101. The second kappa shape index (κ2) is 8.36. The smallest absolute Gasteiger partial charge is 0.295 e. The SMILES string of the molecule is Cc1cccc(-c2nc(C(=O)Nc3ccc(C)cc3C)nn2-c2cc(Cl)ccc2C)c1. The van der Waals surface area contributed by atoms with E-state index in [1.165, 1.54) is 0 Å². The molecule has 0 fully saturated rings. The second-order valence-corrected chi connectivity index (χ2v) is 8.18. The first kappa shape index (κ1) is 20.8. The third kappa shape index (κ3) is 4.37. The summed E-state index contributed by atoms with van der Waals surface area (Å²) in [6.45, 7) is 7.97. The molecule has 0 radical (unpaired) electrons. The third-order valence-corrected chi connectivity index (χ3v) is 5.35. The van der Waals surface area contributed by atoms with Crippen LogP contribution in [0, 0.1) is 27.7 Å². The molecule has 0 saturated heterocycles. The van der Waals surface area contributed by atoms with Crippen LogP contribution in [-0.4, -0.2) is 20.7 Å². The average molecular weight is 431 g/mol. The van der Waals surface area contributed by atoms with Gasteiger partial charge in [0.2, 0.25) is 5.82 Å². The largest absolute Gasteiger partial charge is 0.319 e. The monoisotopic (exact) mass is 430 g/mol. The van der Waals surface area contributed by atoms with Crippen LogP contribution < -0.4 is 5.32 Å². The number of carbonyl (C=O) groups excluding carboxylic acids is 1. The van der Waals surface area contributed by atoms with Gasteiger partial charge in [0.1, 0.15) is 0 Å². The van der Waals surface area contributed by atoms with E-state index in [0.29, 0.717) is 10.8 Å². The maximum Gasteiger partial charge on any atom is 0.295 e. The third-order valence-electron chi connectivity index (χ3n) is 5.12. The predicted octanol–water partition coefficient (Wildman–Crippen LogP) is 6.07. The van der Waals surface area contributed by atoms with Crippen molar-refractivity contribution in [2.75, 3.05) is 5.32 Å². The molecule has 0 atom stereocenters. The number of nitrogens with one attached hydrogen (secondary N) is 1. The van der Waals surface area contributed by atoms with Crippen molar-refractivity contribution in [2.45, 2.75) is 27.7 Å². The number of amides is 1. The van der Waals surface area contributed by atoms with Gasteiger partial charge in [-0.25, -0.2) is 9.67 Å². The topological polar surface area (TPSA) is 59.8 Å². The molecule has 6 heteroatoms. The van der Waals surface area contributed by atoms with E-state index in [9.17, 15) is 4.79 Å². The number of rotatable bonds is 4. The molecule has 0 aliphatic carbocycles. The highest BCUT2D eigenvalue weighted by atomic mass is 35.5. The molecule has 4 rings (SSSR count). The molecule has 3 aromatic carbocycles. The predicted molar refractivity (Wildman–Crippen MR) is 125 cm³/mol. The molecule has 1 N–H and O–H groups in total. The van der Waals surface area contributed by atoms with E-state index >= 15 is 0 Å². The van der Waals surface area contributed by atoms with Crippen molar-refractivity contribution >= 4 is 23.2 Å². The molecule has 156 valence electrons. The number of carbonyl (C=O) groups is 1. The van der Waals surface area contributed by atoms with Crippen LogP contribution in [0.4, 0.5) is 5.69 Å². The summed E-state index contributed by atoms with van der Waals surface area (Å²) < 4.78 is 1.69. The average Bonchev–Trinajstić information content (AvgIpc) is 3.17. The number of halogens is 1. The van der Waals surface area contributed by atoms with Gasteiger partial charge in [-0.05, 0) is 63.1 Å². The summed E-state index contributed by atoms with van der Waals surface area (Å²) in [6, 6.07) is 19.4. The first-order valence-corrected chi connectivity index (χ1v) is 10.4. The fourth-order valence-corrected chi connectivity index (χ4v) is 3.66. The van der Waals surface area contributed by atoms with Crippen LogP contribution in [0.2, 0.25) is 5.02 Å². The number of benzene rings is 3. The fraction of sp³-hybridized carbons (Fsp3) is 0.160. The van der Waals surface area contributed by atoms with Crippen LogP contribution in [-0.2, 0) is 0 Å². The van der Waals surface area contributed by atoms with Crippen molar-refractivity contribution in [3.05, 3.63) is 93.8 Å². The molecule has 0 saturated carbocycles. The Hall–Kier alpha value is -3.44. The molecular formula is C25H23ClN4O. The quantitative estimate of drug-likeness (QED) is 0.427. The molecule has 5 nitrogen and oxygen atoms in total. The Morgan fingerprint density at radius 2 is 1.68 bits per heavy atom. The Morgan fingerprint density at radius 3 is 2.42 bits per heavy atom. The van der Waals surface area contributed by atoms with Crippen LogP contribution >= 0.6 is 11.6 Å². The van der Waals surface area contributed by atoms with E-state index in [0.717, 1.165) is 39.2 Å². The normalized spacial score (nSPS) is 10.9. The van der Waals surface area contributed by atoms with E-state index in [1.54, 1.807) is 4.68 Å². The maximum absolute atomic E-state index is 13.0. The van der Waals surface area contributed by atoms with E-state index in [4.69, 9.17) is 11.6 Å². The molecule has 0 spiro atoms. The van der Waals surface area contributed by atoms with Gasteiger partial charge in [0.25, 0.3) is 5.91 Å². The Bertz CT molecular complexity index is 1290. The highest BCUT2D eigenvalue weighted by Crippen LogP contribution is 2.26. The van der Waals surface area contributed by atoms with Crippen LogP contribution in [0.15, 0.2) is 60.7 Å². The van der Waals surface area contributed by atoms with Gasteiger partial charge in [0, 0.05) is 16.3 Å². The van der Waals surface area contributed by atoms with Gasteiger partial charge in [0.15, 0.2) is 5.82 Å². The van der Waals surface area contributed by atoms with Crippen molar-refractivity contribution < 1.29 is 4.79 Å². The van der Waals surface area contributed by atoms with Gasteiger partial charge in [-0.15, -0.1) is 5.10 Å². The van der Waals surface area contributed by atoms with Crippen molar-refractivity contribution in [3.8, 4) is 17.1 Å². The summed E-state index contributed by atoms with van der Waals surface area (Å²) in [5, 5.41) is 8.09. The minimum Gasteiger partial charge on any atom is -0.319 e. The lowest BCUT2D eigenvalue weighted by Gasteiger charge is -2.10. The molecule has 31 heavy (non-hydrogen) atoms. The van der Waals surface area contributed by atoms with Crippen molar-refractivity contribution in [3.63, 3.8) is 0 Å². The summed E-state index contributed by atoms with van der Waals surface area (Å²) in [5.74, 6) is 0.315. The van der Waals surface area contributed by atoms with Gasteiger partial charge < -0.3 is 5.32 Å². The molecule has 1 heterocycles. The van der Waals surface area contributed by atoms with E-state index in [2.05, 4.69) is 15.4 Å².